The number of nitrogens with zero attached hydrogens (tertiary/aromatic N) is 1. The van der Waals surface area contributed by atoms with E-state index in [9.17, 15) is 9.59 Å². The summed E-state index contributed by atoms with van der Waals surface area (Å²) in [6, 6.07) is -0.246. The van der Waals surface area contributed by atoms with Crippen molar-refractivity contribution in [3.63, 3.8) is 0 Å². The molecule has 1 atom stereocenters. The zero-order chi connectivity index (χ0) is 11.6. The molecule has 0 aliphatic carbocycles. The van der Waals surface area contributed by atoms with Crippen LogP contribution in [0.5, 0.6) is 0 Å². The summed E-state index contributed by atoms with van der Waals surface area (Å²) in [7, 11) is 0. The van der Waals surface area contributed by atoms with Crippen molar-refractivity contribution in [2.45, 2.75) is 52.2 Å². The van der Waals surface area contributed by atoms with Crippen molar-refractivity contribution in [3.05, 3.63) is 0 Å². The Balaban J connectivity index is 2.51. The molecule has 1 aliphatic rings. The first-order valence-corrected chi connectivity index (χ1v) is 5.37. The van der Waals surface area contributed by atoms with E-state index in [1.807, 2.05) is 27.7 Å². The summed E-state index contributed by atoms with van der Waals surface area (Å²) in [4.78, 5) is 24.4. The van der Waals surface area contributed by atoms with Crippen LogP contribution in [0.15, 0.2) is 0 Å². The van der Waals surface area contributed by atoms with Crippen LogP contribution in [0.3, 0.4) is 0 Å². The SMILES string of the molecule is CCCC1C(=O)CN1C(=O)OC(C)(C)C. The first-order valence-electron chi connectivity index (χ1n) is 5.37. The summed E-state index contributed by atoms with van der Waals surface area (Å²) in [6.07, 6.45) is 1.26. The molecule has 86 valence electrons. The second kappa shape index (κ2) is 4.21. The van der Waals surface area contributed by atoms with Gasteiger partial charge in [-0.3, -0.25) is 9.69 Å². The van der Waals surface area contributed by atoms with Crippen molar-refractivity contribution in [2.24, 2.45) is 0 Å². The number of ether oxygens (including phenoxy) is 1. The topological polar surface area (TPSA) is 46.6 Å². The maximum atomic E-state index is 11.6. The van der Waals surface area contributed by atoms with Gasteiger partial charge in [0.05, 0.1) is 12.6 Å². The normalized spacial score (nSPS) is 21.2. The number of hydrogen-bond acceptors (Lipinski definition) is 3. The first-order chi connectivity index (χ1) is 6.85. The van der Waals surface area contributed by atoms with E-state index in [1.165, 1.54) is 4.90 Å². The molecule has 1 saturated heterocycles. The van der Waals surface area contributed by atoms with Crippen LogP contribution in [0.4, 0.5) is 4.79 Å². The molecule has 1 fully saturated rings. The molecule has 0 spiro atoms. The standard InChI is InChI=1S/C11H19NO3/c1-5-6-8-9(13)7-12(8)10(14)15-11(2,3)4/h8H,5-7H2,1-4H3. The second-order valence-corrected chi connectivity index (χ2v) is 4.88. The molecule has 0 bridgehead atoms. The van der Waals surface area contributed by atoms with Gasteiger partial charge in [0.2, 0.25) is 0 Å². The van der Waals surface area contributed by atoms with Crippen molar-refractivity contribution in [3.8, 4) is 0 Å². The number of amides is 1. The zero-order valence-electron chi connectivity index (χ0n) is 9.87. The molecule has 1 heterocycles. The summed E-state index contributed by atoms with van der Waals surface area (Å²) in [5.41, 5.74) is -0.494. The molecule has 4 heteroatoms. The van der Waals surface area contributed by atoms with E-state index in [-0.39, 0.29) is 24.5 Å². The molecule has 0 aromatic rings. The lowest BCUT2D eigenvalue weighted by molar-refractivity contribution is -0.136. The van der Waals surface area contributed by atoms with Gasteiger partial charge in [-0.05, 0) is 27.2 Å². The van der Waals surface area contributed by atoms with Crippen molar-refractivity contribution in [1.82, 2.24) is 4.90 Å². The Morgan fingerprint density at radius 2 is 2.13 bits per heavy atom. The molecule has 0 saturated carbocycles. The molecule has 1 rings (SSSR count). The maximum absolute atomic E-state index is 11.6. The van der Waals surface area contributed by atoms with Gasteiger partial charge in [0, 0.05) is 0 Å². The third-order valence-corrected chi connectivity index (χ3v) is 2.26. The Kier molecular flexibility index (Phi) is 3.37. The highest BCUT2D eigenvalue weighted by Crippen LogP contribution is 2.21. The van der Waals surface area contributed by atoms with Gasteiger partial charge in [0.15, 0.2) is 5.78 Å². The highest BCUT2D eigenvalue weighted by atomic mass is 16.6. The molecule has 15 heavy (non-hydrogen) atoms. The first kappa shape index (κ1) is 12.0. The summed E-state index contributed by atoms with van der Waals surface area (Å²) in [6.45, 7) is 7.67. The van der Waals surface area contributed by atoms with E-state index in [0.717, 1.165) is 12.8 Å². The lowest BCUT2D eigenvalue weighted by Gasteiger charge is -2.39. The maximum Gasteiger partial charge on any atom is 0.411 e. The van der Waals surface area contributed by atoms with Gasteiger partial charge in [-0.15, -0.1) is 0 Å². The minimum absolute atomic E-state index is 0.141. The van der Waals surface area contributed by atoms with Crippen molar-refractivity contribution in [2.75, 3.05) is 6.54 Å². The smallest absolute Gasteiger partial charge is 0.411 e. The molecular weight excluding hydrogens is 194 g/mol. The van der Waals surface area contributed by atoms with Crippen molar-refractivity contribution < 1.29 is 14.3 Å². The van der Waals surface area contributed by atoms with Gasteiger partial charge in [-0.25, -0.2) is 4.79 Å². The van der Waals surface area contributed by atoms with E-state index in [1.54, 1.807) is 0 Å². The number of carbonyl (C=O) groups excluding carboxylic acids is 2. The van der Waals surface area contributed by atoms with Crippen LogP contribution in [0.25, 0.3) is 0 Å². The quantitative estimate of drug-likeness (QED) is 0.704. The van der Waals surface area contributed by atoms with Crippen LogP contribution >= 0.6 is 0 Å². The minimum atomic E-state index is -0.494. The van der Waals surface area contributed by atoms with E-state index in [2.05, 4.69) is 0 Å². The summed E-state index contributed by atoms with van der Waals surface area (Å²) < 4.78 is 5.20. The molecule has 0 N–H and O–H groups in total. The van der Waals surface area contributed by atoms with E-state index in [0.29, 0.717) is 0 Å². The van der Waals surface area contributed by atoms with E-state index < -0.39 is 5.60 Å². The molecule has 1 amide bonds. The highest BCUT2D eigenvalue weighted by Gasteiger charge is 2.41. The summed E-state index contributed by atoms with van der Waals surface area (Å²) >= 11 is 0. The summed E-state index contributed by atoms with van der Waals surface area (Å²) in [5, 5.41) is 0. The van der Waals surface area contributed by atoms with Gasteiger partial charge in [0.1, 0.15) is 5.60 Å². The van der Waals surface area contributed by atoms with Gasteiger partial charge in [-0.2, -0.15) is 0 Å². The minimum Gasteiger partial charge on any atom is -0.444 e. The third-order valence-electron chi connectivity index (χ3n) is 2.26. The predicted octanol–water partition coefficient (Wildman–Crippen LogP) is 1.97. The number of Topliss-reactive ketones (excluding diaryl/α,β-unsaturated/α-hetero) is 1. The summed E-state index contributed by atoms with van der Waals surface area (Å²) in [5.74, 6) is 0.141. The Morgan fingerprint density at radius 3 is 2.53 bits per heavy atom. The number of hydrogen-bond donors (Lipinski definition) is 0. The fourth-order valence-electron chi connectivity index (χ4n) is 1.55. The lowest BCUT2D eigenvalue weighted by atomic mass is 9.97. The molecule has 1 aliphatic heterocycles. The lowest BCUT2D eigenvalue weighted by Crippen LogP contribution is -2.60. The highest BCUT2D eigenvalue weighted by molar-refractivity contribution is 5.97. The van der Waals surface area contributed by atoms with Crippen LogP contribution in [-0.2, 0) is 9.53 Å². The second-order valence-electron chi connectivity index (χ2n) is 4.88. The fraction of sp³-hybridized carbons (Fsp3) is 0.818. The Bertz CT molecular complexity index is 267. The monoisotopic (exact) mass is 213 g/mol. The van der Waals surface area contributed by atoms with Gasteiger partial charge in [0.25, 0.3) is 0 Å². The average molecular weight is 213 g/mol. The zero-order valence-corrected chi connectivity index (χ0v) is 9.87. The number of ketones is 1. The largest absolute Gasteiger partial charge is 0.444 e. The van der Waals surface area contributed by atoms with Gasteiger partial charge >= 0.3 is 6.09 Å². The third kappa shape index (κ3) is 2.94. The van der Waals surface area contributed by atoms with Crippen LogP contribution in [0, 0.1) is 0 Å². The Labute approximate surface area is 90.6 Å². The number of rotatable bonds is 2. The van der Waals surface area contributed by atoms with Crippen LogP contribution < -0.4 is 0 Å². The molecule has 0 aromatic carbocycles. The Hall–Kier alpha value is -1.06. The van der Waals surface area contributed by atoms with Crippen LogP contribution in [0.1, 0.15) is 40.5 Å². The molecular formula is C11H19NO3. The van der Waals surface area contributed by atoms with Crippen LogP contribution in [0.2, 0.25) is 0 Å². The van der Waals surface area contributed by atoms with Gasteiger partial charge in [-0.1, -0.05) is 13.3 Å². The number of carbonyl (C=O) groups is 2. The fourth-order valence-corrected chi connectivity index (χ4v) is 1.55. The van der Waals surface area contributed by atoms with E-state index in [4.69, 9.17) is 4.74 Å². The Morgan fingerprint density at radius 1 is 1.53 bits per heavy atom. The average Bonchev–Trinajstić information content (AvgIpc) is 2.07. The van der Waals surface area contributed by atoms with E-state index >= 15 is 0 Å². The van der Waals surface area contributed by atoms with Crippen molar-refractivity contribution >= 4 is 11.9 Å². The number of likely N-dealkylation sites (tertiary alicyclic amines) is 1. The molecule has 0 aromatic heterocycles. The molecule has 1 unspecified atom stereocenters. The molecule has 4 nitrogen and oxygen atoms in total. The van der Waals surface area contributed by atoms with Crippen LogP contribution in [-0.4, -0.2) is 35.0 Å². The van der Waals surface area contributed by atoms with Crippen molar-refractivity contribution in [1.29, 1.82) is 0 Å². The molecule has 0 radical (unpaired) electrons. The predicted molar refractivity (Wildman–Crippen MR) is 56.6 cm³/mol. The van der Waals surface area contributed by atoms with Gasteiger partial charge < -0.3 is 4.74 Å².